The third-order valence-corrected chi connectivity index (χ3v) is 2.69. The summed E-state index contributed by atoms with van der Waals surface area (Å²) in [6, 6.07) is 0. The second kappa shape index (κ2) is 10.5. The van der Waals surface area contributed by atoms with Crippen LogP contribution in [-0.2, 0) is 9.53 Å². The molecule has 0 amide bonds. The first kappa shape index (κ1) is 14.9. The van der Waals surface area contributed by atoms with Crippen LogP contribution >= 0.6 is 15.9 Å². The third-order valence-electron chi connectivity index (χ3n) is 2.32. The van der Waals surface area contributed by atoms with E-state index in [1.807, 2.05) is 0 Å². The molecule has 0 aromatic rings. The second-order valence-corrected chi connectivity index (χ2v) is 5.28. The topological polar surface area (TPSA) is 26.3 Å². The number of rotatable bonds is 9. The lowest BCUT2D eigenvalue weighted by molar-refractivity contribution is -0.142. The van der Waals surface area contributed by atoms with E-state index in [9.17, 15) is 4.79 Å². The number of hydrogen-bond donors (Lipinski definition) is 0. The number of ether oxygens (including phenoxy) is 1. The molecule has 0 N–H and O–H groups in total. The van der Waals surface area contributed by atoms with Crippen LogP contribution < -0.4 is 0 Å². The Morgan fingerprint density at radius 3 is 2.20 bits per heavy atom. The molecule has 15 heavy (non-hydrogen) atoms. The average Bonchev–Trinajstić information content (AvgIpc) is 2.21. The first-order valence-corrected chi connectivity index (χ1v) is 6.90. The molecule has 0 spiro atoms. The lowest BCUT2D eigenvalue weighted by Gasteiger charge is -2.05. The maximum absolute atomic E-state index is 11.0. The van der Waals surface area contributed by atoms with Crippen LogP contribution in [0.5, 0.6) is 0 Å². The molecular formula is C12H23BrO2. The largest absolute Gasteiger partial charge is 0.465 e. The van der Waals surface area contributed by atoms with E-state index in [4.69, 9.17) is 4.74 Å². The summed E-state index contributed by atoms with van der Waals surface area (Å²) in [6.07, 6.45) is 8.73. The van der Waals surface area contributed by atoms with Crippen molar-refractivity contribution in [3.63, 3.8) is 0 Å². The van der Waals surface area contributed by atoms with Crippen molar-refractivity contribution in [2.75, 3.05) is 6.61 Å². The summed E-state index contributed by atoms with van der Waals surface area (Å²) in [5, 5.41) is 0. The minimum atomic E-state index is -0.179. The molecule has 90 valence electrons. The Morgan fingerprint density at radius 2 is 1.67 bits per heavy atom. The molecule has 0 aromatic carbocycles. The van der Waals surface area contributed by atoms with Gasteiger partial charge in [-0.3, -0.25) is 4.79 Å². The fourth-order valence-electron chi connectivity index (χ4n) is 1.35. The lowest BCUT2D eigenvalue weighted by atomic mass is 10.1. The molecule has 0 aliphatic carbocycles. The monoisotopic (exact) mass is 278 g/mol. The summed E-state index contributed by atoms with van der Waals surface area (Å²) in [5.74, 6) is -0.152. The van der Waals surface area contributed by atoms with E-state index in [1.165, 1.54) is 38.5 Å². The summed E-state index contributed by atoms with van der Waals surface area (Å²) >= 11 is 3.18. The highest BCUT2D eigenvalue weighted by atomic mass is 79.9. The Kier molecular flexibility index (Phi) is 10.4. The van der Waals surface area contributed by atoms with Gasteiger partial charge in [-0.05, 0) is 13.3 Å². The van der Waals surface area contributed by atoms with E-state index in [0.717, 1.165) is 6.42 Å². The predicted molar refractivity (Wildman–Crippen MR) is 67.3 cm³/mol. The zero-order valence-corrected chi connectivity index (χ0v) is 11.5. The summed E-state index contributed by atoms with van der Waals surface area (Å²) in [5.41, 5.74) is 0. The minimum absolute atomic E-state index is 0.152. The van der Waals surface area contributed by atoms with E-state index < -0.39 is 0 Å². The zero-order chi connectivity index (χ0) is 11.5. The van der Waals surface area contributed by atoms with Gasteiger partial charge in [-0.2, -0.15) is 0 Å². The molecule has 0 fully saturated rings. The van der Waals surface area contributed by atoms with E-state index in [0.29, 0.717) is 6.61 Å². The highest BCUT2D eigenvalue weighted by molar-refractivity contribution is 9.10. The smallest absolute Gasteiger partial charge is 0.319 e. The number of unbranched alkanes of at least 4 members (excludes halogenated alkanes) is 6. The van der Waals surface area contributed by atoms with Crippen LogP contribution in [0.4, 0.5) is 0 Å². The Morgan fingerprint density at radius 1 is 1.13 bits per heavy atom. The van der Waals surface area contributed by atoms with Crippen LogP contribution in [0, 0.1) is 0 Å². The van der Waals surface area contributed by atoms with Gasteiger partial charge in [-0.1, -0.05) is 61.4 Å². The zero-order valence-electron chi connectivity index (χ0n) is 9.93. The number of hydrogen-bond acceptors (Lipinski definition) is 2. The van der Waals surface area contributed by atoms with Gasteiger partial charge in [0.1, 0.15) is 4.83 Å². The van der Waals surface area contributed by atoms with E-state index in [1.54, 1.807) is 6.92 Å². The predicted octanol–water partition coefficient (Wildman–Crippen LogP) is 4.06. The molecule has 1 atom stereocenters. The summed E-state index contributed by atoms with van der Waals surface area (Å²) in [6.45, 7) is 4.58. The number of carbonyl (C=O) groups excluding carboxylic acids is 1. The molecular weight excluding hydrogens is 256 g/mol. The van der Waals surface area contributed by atoms with Crippen molar-refractivity contribution < 1.29 is 9.53 Å². The van der Waals surface area contributed by atoms with Crippen molar-refractivity contribution in [1.82, 2.24) is 0 Å². The van der Waals surface area contributed by atoms with Crippen molar-refractivity contribution in [2.24, 2.45) is 0 Å². The second-order valence-electron chi connectivity index (χ2n) is 3.90. The molecule has 2 nitrogen and oxygen atoms in total. The van der Waals surface area contributed by atoms with E-state index in [-0.39, 0.29) is 10.8 Å². The Balaban J connectivity index is 3.08. The first-order valence-electron chi connectivity index (χ1n) is 5.99. The molecule has 3 heteroatoms. The van der Waals surface area contributed by atoms with Gasteiger partial charge in [-0.15, -0.1) is 0 Å². The van der Waals surface area contributed by atoms with Crippen LogP contribution in [0.2, 0.25) is 0 Å². The number of carbonyl (C=O) groups is 1. The molecule has 0 aliphatic rings. The molecule has 0 radical (unpaired) electrons. The number of halogens is 1. The minimum Gasteiger partial charge on any atom is -0.465 e. The van der Waals surface area contributed by atoms with Crippen molar-refractivity contribution in [3.05, 3.63) is 0 Å². The fourth-order valence-corrected chi connectivity index (χ4v) is 1.48. The summed E-state index contributed by atoms with van der Waals surface area (Å²) < 4.78 is 5.05. The van der Waals surface area contributed by atoms with Crippen molar-refractivity contribution in [2.45, 2.75) is 63.6 Å². The van der Waals surface area contributed by atoms with Gasteiger partial charge in [0.05, 0.1) is 6.61 Å². The maximum atomic E-state index is 11.0. The normalized spacial score (nSPS) is 12.5. The summed E-state index contributed by atoms with van der Waals surface area (Å²) in [4.78, 5) is 10.9. The molecule has 0 heterocycles. The van der Waals surface area contributed by atoms with Crippen molar-refractivity contribution >= 4 is 21.9 Å². The van der Waals surface area contributed by atoms with Crippen LogP contribution in [0.3, 0.4) is 0 Å². The molecule has 0 aromatic heterocycles. The molecule has 1 unspecified atom stereocenters. The fraction of sp³-hybridized carbons (Fsp3) is 0.917. The Bertz CT molecular complexity index is 158. The van der Waals surface area contributed by atoms with Gasteiger partial charge in [0.15, 0.2) is 0 Å². The van der Waals surface area contributed by atoms with Gasteiger partial charge in [0, 0.05) is 0 Å². The first-order chi connectivity index (χ1) is 7.18. The van der Waals surface area contributed by atoms with Crippen LogP contribution in [0.25, 0.3) is 0 Å². The van der Waals surface area contributed by atoms with Crippen molar-refractivity contribution in [1.29, 1.82) is 0 Å². The van der Waals surface area contributed by atoms with Crippen LogP contribution in [-0.4, -0.2) is 17.4 Å². The molecule has 0 saturated carbocycles. The maximum Gasteiger partial charge on any atom is 0.319 e. The highest BCUT2D eigenvalue weighted by Crippen LogP contribution is 2.07. The SMILES string of the molecule is CCCCCCCCCOC(=O)C(C)Br. The third kappa shape index (κ3) is 10.2. The number of alkyl halides is 1. The number of esters is 1. The highest BCUT2D eigenvalue weighted by Gasteiger charge is 2.08. The molecule has 0 aliphatic heterocycles. The van der Waals surface area contributed by atoms with Crippen LogP contribution in [0.15, 0.2) is 0 Å². The van der Waals surface area contributed by atoms with Gasteiger partial charge in [0.2, 0.25) is 0 Å². The van der Waals surface area contributed by atoms with Crippen molar-refractivity contribution in [3.8, 4) is 0 Å². The van der Waals surface area contributed by atoms with Crippen LogP contribution in [0.1, 0.15) is 58.8 Å². The quantitative estimate of drug-likeness (QED) is 0.361. The van der Waals surface area contributed by atoms with E-state index >= 15 is 0 Å². The summed E-state index contributed by atoms with van der Waals surface area (Å²) in [7, 11) is 0. The van der Waals surface area contributed by atoms with Gasteiger partial charge >= 0.3 is 5.97 Å². The molecule has 0 saturated heterocycles. The van der Waals surface area contributed by atoms with Gasteiger partial charge in [0.25, 0.3) is 0 Å². The van der Waals surface area contributed by atoms with Gasteiger partial charge in [-0.25, -0.2) is 0 Å². The lowest BCUT2D eigenvalue weighted by Crippen LogP contribution is -2.14. The Hall–Kier alpha value is -0.0500. The molecule has 0 bridgehead atoms. The Labute approximate surface area is 102 Å². The van der Waals surface area contributed by atoms with E-state index in [2.05, 4.69) is 22.9 Å². The standard InChI is InChI=1S/C12H23BrO2/c1-3-4-5-6-7-8-9-10-15-12(14)11(2)13/h11H,3-10H2,1-2H3. The molecule has 0 rings (SSSR count). The average molecular weight is 279 g/mol. The van der Waals surface area contributed by atoms with Gasteiger partial charge < -0.3 is 4.74 Å².